The predicted octanol–water partition coefficient (Wildman–Crippen LogP) is 17.0. The van der Waals surface area contributed by atoms with Gasteiger partial charge in [0.2, 0.25) is 0 Å². The number of nitrogens with zero attached hydrogens (tertiary/aromatic N) is 4. The van der Waals surface area contributed by atoms with E-state index in [-0.39, 0.29) is 26.5 Å². The quantitative estimate of drug-likeness (QED) is 0.0955. The zero-order valence-corrected chi connectivity index (χ0v) is 44.4. The maximum atomic E-state index is 6.78. The van der Waals surface area contributed by atoms with Gasteiger partial charge in [-0.05, 0) is 93.9 Å². The first-order valence-corrected chi connectivity index (χ1v) is 25.1. The Labute approximate surface area is 449 Å². The van der Waals surface area contributed by atoms with Crippen molar-refractivity contribution in [2.75, 3.05) is 9.80 Å². The van der Waals surface area contributed by atoms with Crippen LogP contribution >= 0.6 is 0 Å². The van der Waals surface area contributed by atoms with Crippen molar-refractivity contribution in [3.05, 3.63) is 294 Å². The smallest absolute Gasteiger partial charge is 0.135 e. The number of rotatable bonds is 11. The van der Waals surface area contributed by atoms with Gasteiger partial charge in [-0.2, -0.15) is 12.1 Å². The van der Waals surface area contributed by atoms with Crippen molar-refractivity contribution in [3.8, 4) is 17.3 Å². The Hall–Kier alpha value is -7.98. The molecule has 12 rings (SSSR count). The van der Waals surface area contributed by atoms with Crippen molar-refractivity contribution in [2.24, 2.45) is 0 Å². The third kappa shape index (κ3) is 8.30. The Kier molecular flexibility index (Phi) is 12.7. The van der Waals surface area contributed by atoms with Gasteiger partial charge in [0.25, 0.3) is 0 Å². The Balaban J connectivity index is 0.00000588. The SMILES string of the molecule is CC(C)(C)c1ccnc(-n2c3[c-]c(Oc4[c-]c(N5[CH-]N(c6c(C(C)(c7ccccc7)c7ccccc7)cccc6C(C)(c6ccccc6)c6ccccc6)c6ccccc65)ccc4)ccc3c3ccccc32)c1.[Pt]. The van der Waals surface area contributed by atoms with Gasteiger partial charge < -0.3 is 19.1 Å². The van der Waals surface area contributed by atoms with Crippen LogP contribution < -0.4 is 14.5 Å². The third-order valence-corrected chi connectivity index (χ3v) is 15.0. The summed E-state index contributed by atoms with van der Waals surface area (Å²) in [6.07, 6.45) is 1.90. The predicted molar refractivity (Wildman–Crippen MR) is 300 cm³/mol. The first-order valence-electron chi connectivity index (χ1n) is 25.1. The summed E-state index contributed by atoms with van der Waals surface area (Å²) in [6, 6.07) is 89.7. The molecular weight excluding hydrogens is 1080 g/mol. The van der Waals surface area contributed by atoms with Crippen LogP contribution in [-0.2, 0) is 37.3 Å². The van der Waals surface area contributed by atoms with Crippen molar-refractivity contribution in [1.29, 1.82) is 0 Å². The molecule has 3 heterocycles. The van der Waals surface area contributed by atoms with Crippen LogP contribution in [0.1, 0.15) is 73.6 Å². The second kappa shape index (κ2) is 19.5. The van der Waals surface area contributed by atoms with E-state index >= 15 is 0 Å². The Morgan fingerprint density at radius 3 is 1.51 bits per heavy atom. The molecule has 0 radical (unpaired) electrons. The molecule has 0 N–H and O–H groups in total. The Morgan fingerprint density at radius 1 is 0.446 bits per heavy atom. The van der Waals surface area contributed by atoms with Crippen LogP contribution in [0.3, 0.4) is 0 Å². The van der Waals surface area contributed by atoms with Gasteiger partial charge in [-0.15, -0.1) is 48.1 Å². The van der Waals surface area contributed by atoms with Gasteiger partial charge in [0, 0.05) is 72.2 Å². The van der Waals surface area contributed by atoms with E-state index in [0.29, 0.717) is 11.5 Å². The number of fused-ring (bicyclic) bond motifs is 4. The Morgan fingerprint density at radius 2 is 0.946 bits per heavy atom. The normalized spacial score (nSPS) is 12.7. The van der Waals surface area contributed by atoms with Gasteiger partial charge in [-0.3, -0.25) is 0 Å². The molecule has 0 amide bonds. The molecule has 0 atom stereocenters. The van der Waals surface area contributed by atoms with E-state index in [4.69, 9.17) is 9.72 Å². The number of ether oxygens (including phenoxy) is 1. The summed E-state index contributed by atoms with van der Waals surface area (Å²) in [5.74, 6) is 2.01. The fourth-order valence-electron chi connectivity index (χ4n) is 11.1. The van der Waals surface area contributed by atoms with Crippen LogP contribution in [0.5, 0.6) is 11.5 Å². The number of para-hydroxylation sites is 4. The van der Waals surface area contributed by atoms with Crippen LogP contribution in [0.4, 0.5) is 22.7 Å². The van der Waals surface area contributed by atoms with E-state index in [9.17, 15) is 0 Å². The molecule has 366 valence electrons. The summed E-state index contributed by atoms with van der Waals surface area (Å²) in [6.45, 7) is 13.7. The van der Waals surface area contributed by atoms with Gasteiger partial charge in [-0.1, -0.05) is 196 Å². The molecule has 0 saturated carbocycles. The van der Waals surface area contributed by atoms with Crippen molar-refractivity contribution < 1.29 is 25.8 Å². The Bertz CT molecular complexity index is 3590. The van der Waals surface area contributed by atoms with Crippen molar-refractivity contribution in [1.82, 2.24) is 9.55 Å². The molecule has 0 spiro atoms. The topological polar surface area (TPSA) is 33.5 Å². The first kappa shape index (κ1) is 48.3. The molecule has 0 saturated heterocycles. The minimum atomic E-state index is -0.576. The largest absolute Gasteiger partial charge is 0.509 e. The number of benzene rings is 9. The standard InChI is InChI=1S/C68H55N4O.Pt/c1-66(2,3)52-42-43-69-64(44-52)72-60-37-19-18-34-56(60)57-41-40-55(46-63(57)72)73-54-33-22-32-53(45-54)70-47-71(62-39-21-20-38-61(62)70)65-58(67(4,48-24-10-6-11-25-48)49-26-12-7-13-27-49)35-23-36-59(65)68(5,50-28-14-8-15-29-50)51-30-16-9-17-31-51;/h6-44,47H,1-5H3;/q-3;. The number of aromatic nitrogens is 2. The zero-order chi connectivity index (χ0) is 49.7. The molecule has 6 heteroatoms. The molecule has 11 aromatic rings. The first-order chi connectivity index (χ1) is 35.6. The van der Waals surface area contributed by atoms with E-state index in [1.807, 2.05) is 24.4 Å². The van der Waals surface area contributed by atoms with Crippen LogP contribution in [0.2, 0.25) is 0 Å². The van der Waals surface area contributed by atoms with Crippen molar-refractivity contribution >= 4 is 44.6 Å². The monoisotopic (exact) mass is 1140 g/mol. The fraction of sp³-hybridized carbons (Fsp3) is 0.118. The maximum absolute atomic E-state index is 6.78. The van der Waals surface area contributed by atoms with E-state index in [1.165, 1.54) is 38.9 Å². The number of hydrogen-bond donors (Lipinski definition) is 0. The number of hydrogen-bond acceptors (Lipinski definition) is 4. The zero-order valence-electron chi connectivity index (χ0n) is 42.1. The molecule has 0 aliphatic carbocycles. The third-order valence-electron chi connectivity index (χ3n) is 15.0. The van der Waals surface area contributed by atoms with Crippen molar-refractivity contribution in [3.63, 3.8) is 0 Å². The molecule has 0 bridgehead atoms. The van der Waals surface area contributed by atoms with E-state index in [2.05, 4.69) is 280 Å². The van der Waals surface area contributed by atoms with E-state index in [0.717, 1.165) is 50.4 Å². The van der Waals surface area contributed by atoms with Gasteiger partial charge in [0.05, 0.1) is 0 Å². The van der Waals surface area contributed by atoms with Gasteiger partial charge in [0.15, 0.2) is 0 Å². The van der Waals surface area contributed by atoms with Crippen LogP contribution in [0.25, 0.3) is 27.6 Å². The number of pyridine rings is 1. The van der Waals surface area contributed by atoms with Crippen LogP contribution in [-0.4, -0.2) is 9.55 Å². The molecule has 5 nitrogen and oxygen atoms in total. The van der Waals surface area contributed by atoms with Crippen molar-refractivity contribution in [2.45, 2.75) is 50.9 Å². The molecule has 1 aliphatic rings. The molecular formula is C68H55N4OPt-3. The van der Waals surface area contributed by atoms with Crippen LogP contribution in [0, 0.1) is 18.8 Å². The summed E-state index contributed by atoms with van der Waals surface area (Å²) in [5, 5.41) is 2.22. The average Bonchev–Trinajstić information content (AvgIpc) is 3.99. The summed E-state index contributed by atoms with van der Waals surface area (Å²) < 4.78 is 8.97. The maximum Gasteiger partial charge on any atom is 0.135 e. The second-order valence-corrected chi connectivity index (χ2v) is 20.4. The second-order valence-electron chi connectivity index (χ2n) is 20.4. The van der Waals surface area contributed by atoms with Gasteiger partial charge >= 0.3 is 0 Å². The minimum Gasteiger partial charge on any atom is -0.509 e. The molecule has 0 fully saturated rings. The molecule has 9 aromatic carbocycles. The fourth-order valence-corrected chi connectivity index (χ4v) is 11.1. The van der Waals surface area contributed by atoms with E-state index < -0.39 is 10.8 Å². The summed E-state index contributed by atoms with van der Waals surface area (Å²) in [7, 11) is 0. The average molecular weight is 1140 g/mol. The van der Waals surface area contributed by atoms with Gasteiger partial charge in [-0.25, -0.2) is 4.98 Å². The molecule has 0 unspecified atom stereocenters. The van der Waals surface area contributed by atoms with E-state index in [1.54, 1.807) is 0 Å². The summed E-state index contributed by atoms with van der Waals surface area (Å²) >= 11 is 0. The minimum absolute atomic E-state index is 0. The van der Waals surface area contributed by atoms with Gasteiger partial charge in [0.1, 0.15) is 5.82 Å². The summed E-state index contributed by atoms with van der Waals surface area (Å²) in [5.41, 5.74) is 13.2. The van der Waals surface area contributed by atoms with Crippen LogP contribution in [0.15, 0.2) is 237 Å². The summed E-state index contributed by atoms with van der Waals surface area (Å²) in [4.78, 5) is 9.55. The molecule has 1 aliphatic heterocycles. The number of anilines is 4. The molecule has 2 aromatic heterocycles. The molecule has 74 heavy (non-hydrogen) atoms.